The van der Waals surface area contributed by atoms with Crippen LogP contribution >= 0.6 is 0 Å². The maximum atomic E-state index is 12.1. The van der Waals surface area contributed by atoms with Crippen molar-refractivity contribution in [2.24, 2.45) is 0 Å². The SMILES string of the molecule is CCCC(O)(CCC)CNC(=O)NC(C)c1nc2ccccc2[nH]1. The molecule has 4 N–H and O–H groups in total. The molecule has 0 fully saturated rings. The molecule has 0 radical (unpaired) electrons. The van der Waals surface area contributed by atoms with Gasteiger partial charge in [-0.2, -0.15) is 0 Å². The minimum atomic E-state index is -0.830. The lowest BCUT2D eigenvalue weighted by atomic mass is 9.93. The Labute approximate surface area is 143 Å². The van der Waals surface area contributed by atoms with Gasteiger partial charge in [0.05, 0.1) is 22.7 Å². The van der Waals surface area contributed by atoms with E-state index < -0.39 is 5.60 Å². The third-order valence-electron chi connectivity index (χ3n) is 4.17. The lowest BCUT2D eigenvalue weighted by Gasteiger charge is -2.28. The number of hydrogen-bond donors (Lipinski definition) is 4. The van der Waals surface area contributed by atoms with E-state index in [-0.39, 0.29) is 18.6 Å². The summed E-state index contributed by atoms with van der Waals surface area (Å²) in [6, 6.07) is 7.21. The van der Waals surface area contributed by atoms with E-state index in [9.17, 15) is 9.90 Å². The number of aromatic amines is 1. The number of imidazole rings is 1. The van der Waals surface area contributed by atoms with Gasteiger partial charge in [0.15, 0.2) is 0 Å². The summed E-state index contributed by atoms with van der Waals surface area (Å²) in [6.07, 6.45) is 3.13. The molecule has 2 aromatic rings. The monoisotopic (exact) mass is 332 g/mol. The molecule has 0 saturated heterocycles. The van der Waals surface area contributed by atoms with E-state index in [0.717, 1.165) is 23.9 Å². The number of amides is 2. The molecule has 1 heterocycles. The molecule has 1 atom stereocenters. The summed E-state index contributed by atoms with van der Waals surface area (Å²) in [6.45, 7) is 6.20. The fourth-order valence-corrected chi connectivity index (χ4v) is 2.97. The molecule has 24 heavy (non-hydrogen) atoms. The van der Waals surface area contributed by atoms with Crippen molar-refractivity contribution in [3.63, 3.8) is 0 Å². The number of fused-ring (bicyclic) bond motifs is 1. The third kappa shape index (κ3) is 4.71. The average molecular weight is 332 g/mol. The quantitative estimate of drug-likeness (QED) is 0.598. The zero-order chi connectivity index (χ0) is 17.6. The first-order valence-electron chi connectivity index (χ1n) is 8.69. The third-order valence-corrected chi connectivity index (χ3v) is 4.17. The molecule has 6 heteroatoms. The zero-order valence-corrected chi connectivity index (χ0v) is 14.7. The summed E-state index contributed by atoms with van der Waals surface area (Å²) in [5.74, 6) is 0.712. The highest BCUT2D eigenvalue weighted by atomic mass is 16.3. The number of rotatable bonds is 8. The fourth-order valence-electron chi connectivity index (χ4n) is 2.97. The lowest BCUT2D eigenvalue weighted by molar-refractivity contribution is 0.0240. The molecule has 1 unspecified atom stereocenters. The van der Waals surface area contributed by atoms with Gasteiger partial charge in [-0.3, -0.25) is 0 Å². The van der Waals surface area contributed by atoms with Gasteiger partial charge < -0.3 is 20.7 Å². The highest BCUT2D eigenvalue weighted by Crippen LogP contribution is 2.19. The van der Waals surface area contributed by atoms with Gasteiger partial charge in [-0.25, -0.2) is 9.78 Å². The topological polar surface area (TPSA) is 90.0 Å². The smallest absolute Gasteiger partial charge is 0.315 e. The highest BCUT2D eigenvalue weighted by Gasteiger charge is 2.25. The Hall–Kier alpha value is -2.08. The van der Waals surface area contributed by atoms with Crippen LogP contribution < -0.4 is 10.6 Å². The predicted molar refractivity (Wildman–Crippen MR) is 95.8 cm³/mol. The Balaban J connectivity index is 1.91. The second-order valence-corrected chi connectivity index (χ2v) is 6.41. The van der Waals surface area contributed by atoms with Gasteiger partial charge in [-0.1, -0.05) is 38.8 Å². The number of carbonyl (C=O) groups is 1. The number of hydrogen-bond acceptors (Lipinski definition) is 3. The first kappa shape index (κ1) is 18.3. The standard InChI is InChI=1S/C18H28N4O2/c1-4-10-18(24,11-5-2)12-19-17(23)20-13(3)16-21-14-8-6-7-9-15(14)22-16/h6-9,13,24H,4-5,10-12H2,1-3H3,(H,21,22)(H2,19,20,23). The van der Waals surface area contributed by atoms with Gasteiger partial charge in [0.25, 0.3) is 0 Å². The first-order valence-corrected chi connectivity index (χ1v) is 8.69. The molecular weight excluding hydrogens is 304 g/mol. The molecule has 2 amide bonds. The molecule has 0 aliphatic rings. The average Bonchev–Trinajstić information content (AvgIpc) is 2.98. The molecule has 6 nitrogen and oxygen atoms in total. The number of nitrogens with zero attached hydrogens (tertiary/aromatic N) is 1. The Morgan fingerprint density at radius 2 is 1.96 bits per heavy atom. The molecule has 0 aliphatic carbocycles. The van der Waals surface area contributed by atoms with Crippen LogP contribution in [0.2, 0.25) is 0 Å². The molecule has 0 bridgehead atoms. The normalized spacial score (nSPS) is 13.0. The van der Waals surface area contributed by atoms with Gasteiger partial charge in [-0.15, -0.1) is 0 Å². The van der Waals surface area contributed by atoms with Gasteiger partial charge in [0.1, 0.15) is 5.82 Å². The van der Waals surface area contributed by atoms with Crippen LogP contribution in [0, 0.1) is 0 Å². The van der Waals surface area contributed by atoms with E-state index in [4.69, 9.17) is 0 Å². The van der Waals surface area contributed by atoms with Crippen molar-refractivity contribution in [3.8, 4) is 0 Å². The van der Waals surface area contributed by atoms with Crippen molar-refractivity contribution >= 4 is 17.1 Å². The second-order valence-electron chi connectivity index (χ2n) is 6.41. The summed E-state index contributed by atoms with van der Waals surface area (Å²) < 4.78 is 0. The van der Waals surface area contributed by atoms with Crippen molar-refractivity contribution < 1.29 is 9.90 Å². The number of nitrogens with one attached hydrogen (secondary N) is 3. The van der Waals surface area contributed by atoms with Gasteiger partial charge in [-0.05, 0) is 31.9 Å². The Bertz CT molecular complexity index is 629. The van der Waals surface area contributed by atoms with Gasteiger partial charge >= 0.3 is 6.03 Å². The largest absolute Gasteiger partial charge is 0.388 e. The van der Waals surface area contributed by atoms with E-state index in [2.05, 4.69) is 20.6 Å². The number of urea groups is 1. The summed E-state index contributed by atoms with van der Waals surface area (Å²) in [7, 11) is 0. The summed E-state index contributed by atoms with van der Waals surface area (Å²) >= 11 is 0. The minimum absolute atomic E-state index is 0.247. The van der Waals surface area contributed by atoms with Crippen LogP contribution in [0.3, 0.4) is 0 Å². The van der Waals surface area contributed by atoms with Crippen molar-refractivity contribution in [1.82, 2.24) is 20.6 Å². The predicted octanol–water partition coefficient (Wildman–Crippen LogP) is 3.25. The van der Waals surface area contributed by atoms with Crippen LogP contribution in [-0.2, 0) is 0 Å². The molecule has 0 saturated carbocycles. The molecule has 132 valence electrons. The van der Waals surface area contributed by atoms with Crippen molar-refractivity contribution in [1.29, 1.82) is 0 Å². The summed E-state index contributed by atoms with van der Waals surface area (Å²) in [5, 5.41) is 16.2. The van der Waals surface area contributed by atoms with E-state index in [1.807, 2.05) is 45.0 Å². The number of aliphatic hydroxyl groups is 1. The van der Waals surface area contributed by atoms with Crippen molar-refractivity contribution in [2.45, 2.75) is 58.1 Å². The summed E-state index contributed by atoms with van der Waals surface area (Å²) in [4.78, 5) is 19.8. The number of para-hydroxylation sites is 2. The van der Waals surface area contributed by atoms with Crippen LogP contribution in [0.5, 0.6) is 0 Å². The number of H-pyrrole nitrogens is 1. The van der Waals surface area contributed by atoms with Crippen LogP contribution in [0.15, 0.2) is 24.3 Å². The number of benzene rings is 1. The maximum absolute atomic E-state index is 12.1. The lowest BCUT2D eigenvalue weighted by Crippen LogP contribution is -2.46. The molecule has 1 aromatic heterocycles. The molecule has 1 aromatic carbocycles. The maximum Gasteiger partial charge on any atom is 0.315 e. The van der Waals surface area contributed by atoms with Crippen LogP contribution in [0.25, 0.3) is 11.0 Å². The van der Waals surface area contributed by atoms with E-state index in [1.54, 1.807) is 0 Å². The zero-order valence-electron chi connectivity index (χ0n) is 14.7. The minimum Gasteiger partial charge on any atom is -0.388 e. The fraction of sp³-hybridized carbons (Fsp3) is 0.556. The van der Waals surface area contributed by atoms with E-state index >= 15 is 0 Å². The Morgan fingerprint density at radius 1 is 1.29 bits per heavy atom. The second kappa shape index (κ2) is 8.15. The number of carbonyl (C=O) groups excluding carboxylic acids is 1. The molecule has 0 spiro atoms. The molecule has 0 aliphatic heterocycles. The van der Waals surface area contributed by atoms with Gasteiger partial charge in [0.2, 0.25) is 0 Å². The Kier molecular flexibility index (Phi) is 6.20. The van der Waals surface area contributed by atoms with Gasteiger partial charge in [0, 0.05) is 6.54 Å². The Morgan fingerprint density at radius 3 is 2.58 bits per heavy atom. The first-order chi connectivity index (χ1) is 11.5. The van der Waals surface area contributed by atoms with Crippen molar-refractivity contribution in [2.75, 3.05) is 6.54 Å². The summed E-state index contributed by atoms with van der Waals surface area (Å²) in [5.41, 5.74) is 0.993. The number of aromatic nitrogens is 2. The molecule has 2 rings (SSSR count). The van der Waals surface area contributed by atoms with Crippen LogP contribution in [0.4, 0.5) is 4.79 Å². The highest BCUT2D eigenvalue weighted by molar-refractivity contribution is 5.76. The van der Waals surface area contributed by atoms with Crippen LogP contribution in [0.1, 0.15) is 58.3 Å². The van der Waals surface area contributed by atoms with Crippen molar-refractivity contribution in [3.05, 3.63) is 30.1 Å². The van der Waals surface area contributed by atoms with Crippen LogP contribution in [-0.4, -0.2) is 33.3 Å². The van der Waals surface area contributed by atoms with E-state index in [1.165, 1.54) is 0 Å². The van der Waals surface area contributed by atoms with E-state index in [0.29, 0.717) is 18.7 Å². The molecular formula is C18H28N4O2.